The van der Waals surface area contributed by atoms with E-state index in [9.17, 15) is 19.2 Å². The first-order valence-corrected chi connectivity index (χ1v) is 20.4. The Morgan fingerprint density at radius 2 is 1.14 bits per heavy atom. The number of carboxylic acid groups (broad SMARTS) is 1. The number of unbranched alkanes of at least 4 members (excludes halogenated alkanes) is 18. The van der Waals surface area contributed by atoms with E-state index in [2.05, 4.69) is 60.9 Å². The van der Waals surface area contributed by atoms with Gasteiger partial charge in [-0.2, -0.15) is 0 Å². The first-order valence-electron chi connectivity index (χ1n) is 20.4. The highest BCUT2D eigenvalue weighted by molar-refractivity contribution is 5.87. The predicted octanol–water partition coefficient (Wildman–Crippen LogP) is 9.43. The molecule has 2 amide bonds. The van der Waals surface area contributed by atoms with Crippen LogP contribution in [0.15, 0.2) is 36.5 Å². The predicted molar refractivity (Wildman–Crippen MR) is 208 cm³/mol. The zero-order chi connectivity index (χ0) is 37.6. The van der Waals surface area contributed by atoms with Crippen LogP contribution < -0.4 is 10.6 Å². The molecule has 9 heteroatoms. The highest BCUT2D eigenvalue weighted by atomic mass is 16.5. The molecule has 0 aliphatic heterocycles. The summed E-state index contributed by atoms with van der Waals surface area (Å²) < 4.78 is 5.92. The summed E-state index contributed by atoms with van der Waals surface area (Å²) in [6.07, 6.45) is 40.4. The molecule has 0 saturated heterocycles. The molecule has 0 heterocycles. The lowest BCUT2D eigenvalue weighted by molar-refractivity contribution is -0.147. The first kappa shape index (κ1) is 48.1. The number of allylic oxidation sites excluding steroid dienone is 5. The third kappa shape index (κ3) is 33.9. The highest BCUT2D eigenvalue weighted by Gasteiger charge is 2.18. The van der Waals surface area contributed by atoms with Crippen molar-refractivity contribution >= 4 is 23.8 Å². The summed E-state index contributed by atoms with van der Waals surface area (Å²) in [4.78, 5) is 47.3. The number of hydrogen-bond acceptors (Lipinski definition) is 6. The van der Waals surface area contributed by atoms with Crippen molar-refractivity contribution in [3.05, 3.63) is 36.5 Å². The number of amides is 2. The number of carboxylic acids is 1. The summed E-state index contributed by atoms with van der Waals surface area (Å²) in [6.45, 7) is 3.42. The number of aliphatic hydroxyl groups is 1. The van der Waals surface area contributed by atoms with Crippen LogP contribution >= 0.6 is 0 Å². The third-order valence-electron chi connectivity index (χ3n) is 8.84. The lowest BCUT2D eigenvalue weighted by Gasteiger charge is -2.15. The van der Waals surface area contributed by atoms with Gasteiger partial charge in [0, 0.05) is 12.8 Å². The average Bonchev–Trinajstić information content (AvgIpc) is 3.11. The number of esters is 1. The fourth-order valence-electron chi connectivity index (χ4n) is 5.64. The Balaban J connectivity index is 4.27. The van der Waals surface area contributed by atoms with Gasteiger partial charge in [-0.1, -0.05) is 134 Å². The molecule has 2 atom stereocenters. The van der Waals surface area contributed by atoms with Gasteiger partial charge in [0.15, 0.2) is 0 Å². The fraction of sp³-hybridized carbons (Fsp3) is 0.762. The maximum atomic E-state index is 12.7. The number of hydrogen-bond donors (Lipinski definition) is 4. The summed E-state index contributed by atoms with van der Waals surface area (Å²) in [5.74, 6) is -2.34. The molecule has 4 N–H and O–H groups in total. The molecule has 0 bridgehead atoms. The molecule has 9 nitrogen and oxygen atoms in total. The van der Waals surface area contributed by atoms with E-state index in [4.69, 9.17) is 14.9 Å². The van der Waals surface area contributed by atoms with Crippen LogP contribution in [0.3, 0.4) is 0 Å². The quantitative estimate of drug-likeness (QED) is 0.0287. The summed E-state index contributed by atoms with van der Waals surface area (Å²) >= 11 is 0. The zero-order valence-corrected chi connectivity index (χ0v) is 32.4. The van der Waals surface area contributed by atoms with Crippen LogP contribution in [0, 0.1) is 0 Å². The smallest absolute Gasteiger partial charge is 0.328 e. The molecule has 0 aromatic carbocycles. The molecule has 0 aromatic heterocycles. The van der Waals surface area contributed by atoms with E-state index < -0.39 is 24.5 Å². The van der Waals surface area contributed by atoms with E-state index in [1.807, 2.05) is 0 Å². The molecular formula is C42H74N2O7. The molecule has 0 aliphatic rings. The second-order valence-corrected chi connectivity index (χ2v) is 13.7. The SMILES string of the molecule is CCCC/C=C\C/C=C\CCCCCCCC(=O)OC(/C=C\CCCCCCCC)CCCCCCCCC(=O)NCC(=O)NC(CO)C(=O)O. The number of ether oxygens (including phenoxy) is 1. The van der Waals surface area contributed by atoms with E-state index in [1.54, 1.807) is 0 Å². The minimum atomic E-state index is -1.38. The average molecular weight is 719 g/mol. The molecule has 51 heavy (non-hydrogen) atoms. The van der Waals surface area contributed by atoms with Crippen LogP contribution in [0.1, 0.15) is 181 Å². The number of carbonyl (C=O) groups is 4. The highest BCUT2D eigenvalue weighted by Crippen LogP contribution is 2.15. The van der Waals surface area contributed by atoms with Gasteiger partial charge in [-0.05, 0) is 70.3 Å². The molecule has 0 radical (unpaired) electrons. The van der Waals surface area contributed by atoms with Crippen molar-refractivity contribution in [2.24, 2.45) is 0 Å². The lowest BCUT2D eigenvalue weighted by Crippen LogP contribution is -2.47. The van der Waals surface area contributed by atoms with Crippen LogP contribution in [0.5, 0.6) is 0 Å². The van der Waals surface area contributed by atoms with Crippen molar-refractivity contribution in [3.63, 3.8) is 0 Å². The second-order valence-electron chi connectivity index (χ2n) is 13.7. The molecule has 294 valence electrons. The Hall–Kier alpha value is -2.94. The number of aliphatic carboxylic acids is 1. The minimum Gasteiger partial charge on any atom is -0.480 e. The van der Waals surface area contributed by atoms with Crippen LogP contribution in [0.25, 0.3) is 0 Å². The molecule has 0 rings (SSSR count). The molecule has 0 saturated carbocycles. The molecule has 2 unspecified atom stereocenters. The normalized spacial score (nSPS) is 12.8. The van der Waals surface area contributed by atoms with Crippen molar-refractivity contribution in [1.29, 1.82) is 0 Å². The number of aliphatic hydroxyl groups excluding tert-OH is 1. The van der Waals surface area contributed by atoms with Crippen LogP contribution in [-0.4, -0.2) is 59.3 Å². The first-order chi connectivity index (χ1) is 24.8. The fourth-order valence-corrected chi connectivity index (χ4v) is 5.64. The molecule has 0 spiro atoms. The van der Waals surface area contributed by atoms with Crippen molar-refractivity contribution in [2.45, 2.75) is 193 Å². The van der Waals surface area contributed by atoms with E-state index in [-0.39, 0.29) is 24.5 Å². The Bertz CT molecular complexity index is 963. The maximum absolute atomic E-state index is 12.7. The number of rotatable bonds is 36. The van der Waals surface area contributed by atoms with Gasteiger partial charge >= 0.3 is 11.9 Å². The summed E-state index contributed by atoms with van der Waals surface area (Å²) in [5, 5.41) is 22.5. The maximum Gasteiger partial charge on any atom is 0.328 e. The largest absolute Gasteiger partial charge is 0.480 e. The summed E-state index contributed by atoms with van der Waals surface area (Å²) in [6, 6.07) is -1.38. The van der Waals surface area contributed by atoms with Gasteiger partial charge < -0.3 is 25.6 Å². The van der Waals surface area contributed by atoms with Crippen LogP contribution in [-0.2, 0) is 23.9 Å². The lowest BCUT2D eigenvalue weighted by atomic mass is 10.0. The monoisotopic (exact) mass is 719 g/mol. The minimum absolute atomic E-state index is 0.0926. The summed E-state index contributed by atoms with van der Waals surface area (Å²) in [7, 11) is 0. The van der Waals surface area contributed by atoms with Gasteiger partial charge in [0.1, 0.15) is 12.1 Å². The standard InChI is InChI=1S/C42H74N2O7/c1-3-5-7-9-11-13-14-15-16-17-18-20-26-30-34-41(48)51-37(31-27-23-19-12-10-8-6-4-2)32-28-24-21-22-25-29-33-39(46)43-35-40(47)44-38(36-45)42(49)50/h9,11,14-15,27,31,37-38,45H,3-8,10,12-13,16-26,28-30,32-36H2,1-2H3,(H,43,46)(H,44,47)(H,49,50)/b11-9-,15-14-,31-27-. The second kappa shape index (κ2) is 36.8. The van der Waals surface area contributed by atoms with Gasteiger partial charge in [0.25, 0.3) is 0 Å². The molecule has 0 fully saturated rings. The van der Waals surface area contributed by atoms with E-state index in [0.29, 0.717) is 19.3 Å². The Morgan fingerprint density at radius 3 is 1.75 bits per heavy atom. The van der Waals surface area contributed by atoms with Crippen molar-refractivity contribution in [2.75, 3.05) is 13.2 Å². The number of nitrogens with one attached hydrogen (secondary N) is 2. The van der Waals surface area contributed by atoms with Crippen LogP contribution in [0.2, 0.25) is 0 Å². The van der Waals surface area contributed by atoms with E-state index >= 15 is 0 Å². The van der Waals surface area contributed by atoms with Gasteiger partial charge in [-0.15, -0.1) is 0 Å². The Labute approximate surface area is 310 Å². The number of carbonyl (C=O) groups excluding carboxylic acids is 3. The van der Waals surface area contributed by atoms with Gasteiger partial charge in [0.2, 0.25) is 11.8 Å². The van der Waals surface area contributed by atoms with Gasteiger partial charge in [-0.3, -0.25) is 14.4 Å². The van der Waals surface area contributed by atoms with E-state index in [0.717, 1.165) is 77.0 Å². The molecular weight excluding hydrogens is 644 g/mol. The van der Waals surface area contributed by atoms with Crippen molar-refractivity contribution in [1.82, 2.24) is 10.6 Å². The topological polar surface area (TPSA) is 142 Å². The summed E-state index contributed by atoms with van der Waals surface area (Å²) in [5.41, 5.74) is 0. The Morgan fingerprint density at radius 1 is 0.608 bits per heavy atom. The van der Waals surface area contributed by atoms with Crippen molar-refractivity contribution in [3.8, 4) is 0 Å². The Kier molecular flexibility index (Phi) is 34.7. The third-order valence-corrected chi connectivity index (χ3v) is 8.84. The van der Waals surface area contributed by atoms with Gasteiger partial charge in [0.05, 0.1) is 13.2 Å². The molecule has 0 aliphatic carbocycles. The van der Waals surface area contributed by atoms with Crippen LogP contribution in [0.4, 0.5) is 0 Å². The van der Waals surface area contributed by atoms with Gasteiger partial charge in [-0.25, -0.2) is 4.79 Å². The zero-order valence-electron chi connectivity index (χ0n) is 32.4. The van der Waals surface area contributed by atoms with E-state index in [1.165, 1.54) is 70.6 Å². The van der Waals surface area contributed by atoms with Crippen molar-refractivity contribution < 1.29 is 34.1 Å². The molecule has 0 aromatic rings.